The van der Waals surface area contributed by atoms with E-state index >= 15 is 0 Å². The molecular formula is C25H23ClN4O4. The lowest BCUT2D eigenvalue weighted by Crippen LogP contribution is -2.49. The normalized spacial score (nSPS) is 13.5. The van der Waals surface area contributed by atoms with Gasteiger partial charge in [0, 0.05) is 44.0 Å². The summed E-state index contributed by atoms with van der Waals surface area (Å²) in [6.07, 6.45) is 0. The van der Waals surface area contributed by atoms with Crippen LogP contribution in [-0.2, 0) is 0 Å². The number of carbonyl (C=O) groups is 2. The zero-order valence-corrected chi connectivity index (χ0v) is 19.3. The van der Waals surface area contributed by atoms with Crippen LogP contribution in [0, 0.1) is 17.0 Å². The molecule has 34 heavy (non-hydrogen) atoms. The van der Waals surface area contributed by atoms with Gasteiger partial charge in [0.05, 0.1) is 26.8 Å². The van der Waals surface area contributed by atoms with Crippen LogP contribution in [0.1, 0.15) is 26.3 Å². The Labute approximate surface area is 201 Å². The van der Waals surface area contributed by atoms with Gasteiger partial charge in [-0.05, 0) is 42.8 Å². The molecule has 1 aliphatic rings. The molecule has 174 valence electrons. The van der Waals surface area contributed by atoms with Crippen LogP contribution < -0.4 is 10.2 Å². The van der Waals surface area contributed by atoms with Crippen molar-refractivity contribution >= 4 is 40.5 Å². The van der Waals surface area contributed by atoms with Crippen molar-refractivity contribution in [2.24, 2.45) is 0 Å². The van der Waals surface area contributed by atoms with Crippen molar-refractivity contribution in [3.8, 4) is 0 Å². The van der Waals surface area contributed by atoms with E-state index in [2.05, 4.69) is 35.3 Å². The molecule has 1 heterocycles. The zero-order chi connectivity index (χ0) is 24.2. The van der Waals surface area contributed by atoms with Crippen molar-refractivity contribution in [2.45, 2.75) is 6.92 Å². The van der Waals surface area contributed by atoms with Crippen molar-refractivity contribution in [1.82, 2.24) is 4.90 Å². The molecule has 3 aromatic rings. The molecule has 0 aliphatic carbocycles. The maximum atomic E-state index is 13.3. The topological polar surface area (TPSA) is 95.8 Å². The molecule has 1 saturated heterocycles. The van der Waals surface area contributed by atoms with Crippen LogP contribution in [0.5, 0.6) is 0 Å². The molecule has 0 spiro atoms. The van der Waals surface area contributed by atoms with E-state index in [0.29, 0.717) is 37.4 Å². The molecule has 3 aromatic carbocycles. The lowest BCUT2D eigenvalue weighted by molar-refractivity contribution is -0.384. The Balaban J connectivity index is 1.47. The number of halogens is 1. The molecular weight excluding hydrogens is 456 g/mol. The predicted octanol–water partition coefficient (Wildman–Crippen LogP) is 4.77. The van der Waals surface area contributed by atoms with Crippen molar-refractivity contribution in [1.29, 1.82) is 0 Å². The van der Waals surface area contributed by atoms with Gasteiger partial charge in [-0.15, -0.1) is 0 Å². The lowest BCUT2D eigenvalue weighted by atomic mass is 10.1. The Morgan fingerprint density at radius 2 is 1.68 bits per heavy atom. The van der Waals surface area contributed by atoms with E-state index in [1.165, 1.54) is 17.7 Å². The Bertz CT molecular complexity index is 1260. The van der Waals surface area contributed by atoms with Crippen LogP contribution in [0.3, 0.4) is 0 Å². The summed E-state index contributed by atoms with van der Waals surface area (Å²) in [5, 5.41) is 13.6. The smallest absolute Gasteiger partial charge is 0.270 e. The van der Waals surface area contributed by atoms with Crippen molar-refractivity contribution in [3.05, 3.63) is 98.6 Å². The van der Waals surface area contributed by atoms with Gasteiger partial charge >= 0.3 is 0 Å². The number of nitrogens with one attached hydrogen (secondary N) is 1. The van der Waals surface area contributed by atoms with Crippen LogP contribution in [0.15, 0.2) is 66.7 Å². The Kier molecular flexibility index (Phi) is 6.79. The minimum Gasteiger partial charge on any atom is -0.368 e. The first-order valence-electron chi connectivity index (χ1n) is 10.8. The first kappa shape index (κ1) is 23.3. The molecule has 9 heteroatoms. The minimum atomic E-state index is -0.583. The number of hydrogen-bond donors (Lipinski definition) is 1. The quantitative estimate of drug-likeness (QED) is 0.421. The number of para-hydroxylation sites is 1. The average Bonchev–Trinajstić information content (AvgIpc) is 2.84. The van der Waals surface area contributed by atoms with E-state index in [1.807, 2.05) is 6.07 Å². The molecule has 0 saturated carbocycles. The number of hydrogen-bond acceptors (Lipinski definition) is 5. The second-order valence-electron chi connectivity index (χ2n) is 8.04. The third kappa shape index (κ3) is 5.02. The Hall–Kier alpha value is -3.91. The van der Waals surface area contributed by atoms with Crippen molar-refractivity contribution in [3.63, 3.8) is 0 Å². The van der Waals surface area contributed by atoms with Gasteiger partial charge in [0.2, 0.25) is 0 Å². The molecule has 0 aromatic heterocycles. The fourth-order valence-corrected chi connectivity index (χ4v) is 4.19. The number of anilines is 2. The van der Waals surface area contributed by atoms with Gasteiger partial charge in [-0.25, -0.2) is 0 Å². The number of amides is 2. The highest BCUT2D eigenvalue weighted by Gasteiger charge is 2.25. The third-order valence-corrected chi connectivity index (χ3v) is 6.06. The number of carbonyl (C=O) groups excluding carboxylic acids is 2. The van der Waals surface area contributed by atoms with Gasteiger partial charge in [-0.2, -0.15) is 0 Å². The van der Waals surface area contributed by atoms with Gasteiger partial charge < -0.3 is 15.1 Å². The molecule has 1 aliphatic heterocycles. The first-order valence-corrected chi connectivity index (χ1v) is 11.2. The molecule has 0 bridgehead atoms. The number of aryl methyl sites for hydroxylation is 1. The number of nitro groups is 1. The molecule has 0 atom stereocenters. The summed E-state index contributed by atoms with van der Waals surface area (Å²) in [6.45, 7) is 4.59. The van der Waals surface area contributed by atoms with Gasteiger partial charge in [0.25, 0.3) is 17.5 Å². The fourth-order valence-electron chi connectivity index (χ4n) is 3.93. The largest absolute Gasteiger partial charge is 0.368 e. The van der Waals surface area contributed by atoms with E-state index in [4.69, 9.17) is 11.6 Å². The SMILES string of the molecule is Cc1cccc(N2CCN(C(=O)c3ccccc3NC(=O)c3ccc([N+](=O)[O-])cc3Cl)CC2)c1. The Morgan fingerprint density at radius 1 is 0.941 bits per heavy atom. The second kappa shape index (κ2) is 9.93. The summed E-state index contributed by atoms with van der Waals surface area (Å²) in [4.78, 5) is 40.4. The standard InChI is InChI=1S/C25H23ClN4O4/c1-17-5-4-6-18(15-17)28-11-13-29(14-12-28)25(32)21-7-2-3-8-23(21)27-24(31)20-10-9-19(30(33)34)16-22(20)26/h2-10,15-16H,11-14H2,1H3,(H,27,31). The minimum absolute atomic E-state index is 0.0391. The summed E-state index contributed by atoms with van der Waals surface area (Å²) in [5.74, 6) is -0.723. The molecule has 2 amide bonds. The molecule has 0 unspecified atom stereocenters. The second-order valence-corrected chi connectivity index (χ2v) is 8.45. The lowest BCUT2D eigenvalue weighted by Gasteiger charge is -2.36. The van der Waals surface area contributed by atoms with Gasteiger partial charge in [0.1, 0.15) is 0 Å². The highest BCUT2D eigenvalue weighted by atomic mass is 35.5. The summed E-state index contributed by atoms with van der Waals surface area (Å²) in [6, 6.07) is 18.7. The van der Waals surface area contributed by atoms with Gasteiger partial charge in [-0.3, -0.25) is 19.7 Å². The average molecular weight is 479 g/mol. The number of nitrogens with zero attached hydrogens (tertiary/aromatic N) is 3. The maximum Gasteiger partial charge on any atom is 0.270 e. The highest BCUT2D eigenvalue weighted by molar-refractivity contribution is 6.34. The van der Waals surface area contributed by atoms with Crippen LogP contribution in [0.2, 0.25) is 5.02 Å². The van der Waals surface area contributed by atoms with Crippen LogP contribution in [-0.4, -0.2) is 47.8 Å². The van der Waals surface area contributed by atoms with E-state index < -0.39 is 10.8 Å². The maximum absolute atomic E-state index is 13.3. The van der Waals surface area contributed by atoms with E-state index in [0.717, 1.165) is 11.8 Å². The number of nitro benzene ring substituents is 1. The monoisotopic (exact) mass is 478 g/mol. The molecule has 8 nitrogen and oxygen atoms in total. The van der Waals surface area contributed by atoms with Crippen molar-refractivity contribution < 1.29 is 14.5 Å². The molecule has 4 rings (SSSR count). The van der Waals surface area contributed by atoms with Crippen molar-refractivity contribution in [2.75, 3.05) is 36.4 Å². The van der Waals surface area contributed by atoms with E-state index in [1.54, 1.807) is 29.2 Å². The van der Waals surface area contributed by atoms with E-state index in [9.17, 15) is 19.7 Å². The summed E-state index contributed by atoms with van der Waals surface area (Å²) >= 11 is 6.09. The van der Waals surface area contributed by atoms with Gasteiger partial charge in [-0.1, -0.05) is 35.9 Å². The van der Waals surface area contributed by atoms with Crippen LogP contribution in [0.25, 0.3) is 0 Å². The first-order chi connectivity index (χ1) is 16.3. The van der Waals surface area contributed by atoms with Gasteiger partial charge in [0.15, 0.2) is 0 Å². The molecule has 0 radical (unpaired) electrons. The molecule has 1 fully saturated rings. The number of non-ortho nitro benzene ring substituents is 1. The fraction of sp³-hybridized carbons (Fsp3) is 0.200. The number of piperazine rings is 1. The number of rotatable bonds is 5. The summed E-state index contributed by atoms with van der Waals surface area (Å²) < 4.78 is 0. The Morgan fingerprint density at radius 3 is 2.35 bits per heavy atom. The molecule has 1 N–H and O–H groups in total. The predicted molar refractivity (Wildman–Crippen MR) is 132 cm³/mol. The summed E-state index contributed by atoms with van der Waals surface area (Å²) in [7, 11) is 0. The zero-order valence-electron chi connectivity index (χ0n) is 18.5. The van der Waals surface area contributed by atoms with Crippen LogP contribution in [0.4, 0.5) is 17.1 Å². The van der Waals surface area contributed by atoms with E-state index in [-0.39, 0.29) is 22.2 Å². The van der Waals surface area contributed by atoms with Crippen LogP contribution >= 0.6 is 11.6 Å². The highest BCUT2D eigenvalue weighted by Crippen LogP contribution is 2.25. The third-order valence-electron chi connectivity index (χ3n) is 5.75. The summed E-state index contributed by atoms with van der Waals surface area (Å²) in [5.41, 5.74) is 2.93. The number of benzene rings is 3.